The van der Waals surface area contributed by atoms with E-state index < -0.39 is 0 Å². The van der Waals surface area contributed by atoms with E-state index in [2.05, 4.69) is 63.1 Å². The van der Waals surface area contributed by atoms with Crippen molar-refractivity contribution in [2.75, 3.05) is 11.1 Å². The smallest absolute Gasteiger partial charge is 0.153 e. The Hall–Kier alpha value is -3.79. The van der Waals surface area contributed by atoms with E-state index in [1.54, 1.807) is 18.7 Å². The normalized spacial score (nSPS) is 11.2. The number of nitrogens with zero attached hydrogens (tertiary/aromatic N) is 3. The van der Waals surface area contributed by atoms with Crippen molar-refractivity contribution in [1.82, 2.24) is 25.1 Å². The number of benzene rings is 1. The van der Waals surface area contributed by atoms with Gasteiger partial charge in [-0.2, -0.15) is 5.10 Å². The summed E-state index contributed by atoms with van der Waals surface area (Å²) < 4.78 is 0. The van der Waals surface area contributed by atoms with Gasteiger partial charge < -0.3 is 16.0 Å². The van der Waals surface area contributed by atoms with Crippen molar-refractivity contribution < 1.29 is 0 Å². The monoisotopic (exact) mass is 371 g/mol. The molecule has 4 aromatic rings. The first kappa shape index (κ1) is 17.6. The van der Waals surface area contributed by atoms with Crippen molar-refractivity contribution in [2.24, 2.45) is 5.41 Å². The minimum Gasteiger partial charge on any atom is -0.382 e. The second kappa shape index (κ2) is 6.74. The number of rotatable bonds is 3. The van der Waals surface area contributed by atoms with E-state index in [0.717, 1.165) is 27.6 Å². The third-order valence-electron chi connectivity index (χ3n) is 4.12. The fourth-order valence-corrected chi connectivity index (χ4v) is 2.80. The Morgan fingerprint density at radius 1 is 1.07 bits per heavy atom. The fraction of sp³-hybridized carbons (Fsp3) is 0.190. The lowest BCUT2D eigenvalue weighted by atomic mass is 9.96. The molecule has 0 saturated carbocycles. The zero-order chi connectivity index (χ0) is 19.7. The third kappa shape index (κ3) is 3.67. The number of fused-ring (bicyclic) bond motifs is 1. The van der Waals surface area contributed by atoms with Crippen LogP contribution in [0.3, 0.4) is 0 Å². The van der Waals surface area contributed by atoms with Crippen molar-refractivity contribution in [3.63, 3.8) is 0 Å². The summed E-state index contributed by atoms with van der Waals surface area (Å²) in [6.45, 7) is 6.24. The molecular weight excluding hydrogens is 350 g/mol. The van der Waals surface area contributed by atoms with Crippen molar-refractivity contribution in [1.29, 1.82) is 0 Å². The van der Waals surface area contributed by atoms with Crippen molar-refractivity contribution in [2.45, 2.75) is 20.8 Å². The van der Waals surface area contributed by atoms with Crippen LogP contribution in [0.25, 0.3) is 22.0 Å². The van der Waals surface area contributed by atoms with Crippen LogP contribution in [0.2, 0.25) is 0 Å². The van der Waals surface area contributed by atoms with E-state index in [1.165, 1.54) is 0 Å². The standard InChI is InChI=1S/C21H21N7/c1-21(2,3)6-4-14-8-15(9-16-19(14)27-28-20(16)22)13-5-7-24-17(10-13)26-18-11-23-12-25-18/h5,7-12H,1-3H3,(H,23,25)(H,24,26)(H3,22,27,28). The predicted molar refractivity (Wildman–Crippen MR) is 112 cm³/mol. The van der Waals surface area contributed by atoms with Crippen molar-refractivity contribution >= 4 is 28.4 Å². The molecule has 28 heavy (non-hydrogen) atoms. The predicted octanol–water partition coefficient (Wildman–Crippen LogP) is 4.07. The number of aromatic amines is 2. The summed E-state index contributed by atoms with van der Waals surface area (Å²) in [5.74, 6) is 8.43. The molecular formula is C21H21N7. The maximum absolute atomic E-state index is 6.07. The Balaban J connectivity index is 1.80. The molecule has 0 radical (unpaired) electrons. The number of nitrogens with two attached hydrogens (primary N) is 1. The summed E-state index contributed by atoms with van der Waals surface area (Å²) >= 11 is 0. The lowest BCUT2D eigenvalue weighted by Gasteiger charge is -2.09. The van der Waals surface area contributed by atoms with Gasteiger partial charge in [0.25, 0.3) is 0 Å². The van der Waals surface area contributed by atoms with Crippen LogP contribution in [-0.4, -0.2) is 25.1 Å². The third-order valence-corrected chi connectivity index (χ3v) is 4.12. The number of pyridine rings is 1. The van der Waals surface area contributed by atoms with Crippen LogP contribution in [0.1, 0.15) is 26.3 Å². The van der Waals surface area contributed by atoms with Crippen LogP contribution in [0, 0.1) is 17.3 Å². The van der Waals surface area contributed by atoms with Gasteiger partial charge in [-0.05, 0) is 56.2 Å². The summed E-state index contributed by atoms with van der Waals surface area (Å²) in [5.41, 5.74) is 9.66. The van der Waals surface area contributed by atoms with Crippen LogP contribution in [0.5, 0.6) is 0 Å². The highest BCUT2D eigenvalue weighted by Gasteiger charge is 2.12. The minimum atomic E-state index is -0.106. The average Bonchev–Trinajstić information content (AvgIpc) is 3.29. The van der Waals surface area contributed by atoms with Crippen LogP contribution in [0.4, 0.5) is 17.5 Å². The molecule has 0 aliphatic rings. The highest BCUT2D eigenvalue weighted by molar-refractivity contribution is 5.96. The number of aromatic nitrogens is 5. The van der Waals surface area contributed by atoms with Crippen LogP contribution >= 0.6 is 0 Å². The molecule has 3 heterocycles. The number of hydrogen-bond donors (Lipinski definition) is 4. The van der Waals surface area contributed by atoms with Gasteiger partial charge >= 0.3 is 0 Å². The first-order chi connectivity index (χ1) is 13.4. The molecule has 140 valence electrons. The number of nitrogen functional groups attached to an aromatic ring is 1. The van der Waals surface area contributed by atoms with Crippen molar-refractivity contribution in [3.05, 3.63) is 48.5 Å². The molecule has 7 heteroatoms. The molecule has 0 fully saturated rings. The van der Waals surface area contributed by atoms with Gasteiger partial charge in [0.15, 0.2) is 5.82 Å². The number of imidazole rings is 1. The van der Waals surface area contributed by atoms with Gasteiger partial charge in [0.05, 0.1) is 17.4 Å². The minimum absolute atomic E-state index is 0.106. The van der Waals surface area contributed by atoms with Crippen LogP contribution < -0.4 is 11.1 Å². The molecule has 0 aliphatic carbocycles. The van der Waals surface area contributed by atoms with Gasteiger partial charge in [-0.15, -0.1) is 0 Å². The molecule has 0 saturated heterocycles. The Morgan fingerprint density at radius 2 is 1.93 bits per heavy atom. The summed E-state index contributed by atoms with van der Waals surface area (Å²) in [7, 11) is 0. The lowest BCUT2D eigenvalue weighted by Crippen LogP contribution is -1.99. The van der Waals surface area contributed by atoms with Crippen LogP contribution in [0.15, 0.2) is 43.0 Å². The molecule has 0 unspecified atom stereocenters. The summed E-state index contributed by atoms with van der Waals surface area (Å²) in [6.07, 6.45) is 5.14. The topological polar surface area (TPSA) is 108 Å². The largest absolute Gasteiger partial charge is 0.382 e. The van der Waals surface area contributed by atoms with Gasteiger partial charge in [0.1, 0.15) is 11.6 Å². The Kier molecular flexibility index (Phi) is 4.24. The Labute approximate surface area is 162 Å². The number of H-pyrrole nitrogens is 2. The zero-order valence-corrected chi connectivity index (χ0v) is 16.0. The molecule has 0 amide bonds. The van der Waals surface area contributed by atoms with Crippen LogP contribution in [-0.2, 0) is 0 Å². The van der Waals surface area contributed by atoms with E-state index in [4.69, 9.17) is 5.73 Å². The Bertz CT molecular complexity index is 1190. The molecule has 1 aromatic carbocycles. The second-order valence-corrected chi connectivity index (χ2v) is 7.56. The highest BCUT2D eigenvalue weighted by Crippen LogP contribution is 2.30. The average molecular weight is 371 g/mol. The Morgan fingerprint density at radius 3 is 2.68 bits per heavy atom. The summed E-state index contributed by atoms with van der Waals surface area (Å²) in [6, 6.07) is 7.98. The quantitative estimate of drug-likeness (QED) is 0.406. The van der Waals surface area contributed by atoms with Gasteiger partial charge in [-0.3, -0.25) is 5.10 Å². The van der Waals surface area contributed by atoms with Gasteiger partial charge in [-0.1, -0.05) is 11.8 Å². The van der Waals surface area contributed by atoms with E-state index in [0.29, 0.717) is 17.5 Å². The van der Waals surface area contributed by atoms with Gasteiger partial charge in [0.2, 0.25) is 0 Å². The van der Waals surface area contributed by atoms with E-state index in [-0.39, 0.29) is 5.41 Å². The summed E-state index contributed by atoms with van der Waals surface area (Å²) in [5, 5.41) is 11.2. The SMILES string of the molecule is CC(C)(C)C#Cc1cc(-c2ccnc(Nc3c[nH]cn3)c2)cc2c(N)n[nH]c12. The molecule has 3 aromatic heterocycles. The van der Waals surface area contributed by atoms with E-state index in [9.17, 15) is 0 Å². The molecule has 5 N–H and O–H groups in total. The molecule has 0 aliphatic heterocycles. The fourth-order valence-electron chi connectivity index (χ4n) is 2.80. The molecule has 7 nitrogen and oxygen atoms in total. The first-order valence-electron chi connectivity index (χ1n) is 8.92. The number of anilines is 3. The molecule has 0 spiro atoms. The molecule has 0 bridgehead atoms. The second-order valence-electron chi connectivity index (χ2n) is 7.56. The lowest BCUT2D eigenvalue weighted by molar-refractivity contribution is 0.571. The summed E-state index contributed by atoms with van der Waals surface area (Å²) in [4.78, 5) is 11.4. The molecule has 0 atom stereocenters. The van der Waals surface area contributed by atoms with E-state index >= 15 is 0 Å². The zero-order valence-electron chi connectivity index (χ0n) is 16.0. The van der Waals surface area contributed by atoms with Crippen molar-refractivity contribution in [3.8, 4) is 23.0 Å². The molecule has 4 rings (SSSR count). The maximum Gasteiger partial charge on any atom is 0.153 e. The highest BCUT2D eigenvalue weighted by atomic mass is 15.2. The first-order valence-corrected chi connectivity index (χ1v) is 8.92. The van der Waals surface area contributed by atoms with Gasteiger partial charge in [0, 0.05) is 23.2 Å². The van der Waals surface area contributed by atoms with E-state index in [1.807, 2.05) is 24.3 Å². The van der Waals surface area contributed by atoms with Gasteiger partial charge in [-0.25, -0.2) is 9.97 Å². The number of hydrogen-bond acceptors (Lipinski definition) is 5. The number of nitrogens with one attached hydrogen (secondary N) is 3. The maximum atomic E-state index is 6.07.